The highest BCUT2D eigenvalue weighted by atomic mass is 16.3. The van der Waals surface area contributed by atoms with E-state index < -0.39 is 12.1 Å². The molecule has 0 aliphatic carbocycles. The highest BCUT2D eigenvalue weighted by Gasteiger charge is 2.19. The Hall–Kier alpha value is -2.17. The molecule has 0 spiro atoms. The number of hydrogen-bond donors (Lipinski definition) is 3. The van der Waals surface area contributed by atoms with Crippen molar-refractivity contribution in [3.8, 4) is 0 Å². The minimum atomic E-state index is -0.742. The third-order valence-electron chi connectivity index (χ3n) is 3.14. The molecule has 2 aromatic rings. The van der Waals surface area contributed by atoms with E-state index in [1.54, 1.807) is 12.1 Å². The normalized spacial score (nSPS) is 13.5. The predicted octanol–water partition coefficient (Wildman–Crippen LogP) is 1.54. The van der Waals surface area contributed by atoms with E-state index in [-0.39, 0.29) is 12.5 Å². The van der Waals surface area contributed by atoms with Crippen molar-refractivity contribution < 1.29 is 9.90 Å². The van der Waals surface area contributed by atoms with Gasteiger partial charge in [-0.05, 0) is 11.1 Å². The van der Waals surface area contributed by atoms with Crippen molar-refractivity contribution in [3.63, 3.8) is 0 Å². The fraction of sp³-hybridized carbons (Fsp3) is 0.188. The van der Waals surface area contributed by atoms with E-state index in [1.165, 1.54) is 0 Å². The van der Waals surface area contributed by atoms with Crippen LogP contribution in [0.3, 0.4) is 0 Å². The molecule has 0 radical (unpaired) electrons. The van der Waals surface area contributed by atoms with Crippen LogP contribution in [0.25, 0.3) is 0 Å². The Morgan fingerprint density at radius 1 is 1.00 bits per heavy atom. The van der Waals surface area contributed by atoms with Crippen molar-refractivity contribution in [1.82, 2.24) is 5.32 Å². The van der Waals surface area contributed by atoms with Gasteiger partial charge in [-0.15, -0.1) is 0 Å². The summed E-state index contributed by atoms with van der Waals surface area (Å²) < 4.78 is 0. The summed E-state index contributed by atoms with van der Waals surface area (Å²) in [5.74, 6) is -0.306. The third kappa shape index (κ3) is 3.44. The highest BCUT2D eigenvalue weighted by molar-refractivity contribution is 5.83. The van der Waals surface area contributed by atoms with E-state index in [1.807, 2.05) is 48.5 Å². The largest absolute Gasteiger partial charge is 0.394 e. The summed E-state index contributed by atoms with van der Waals surface area (Å²) in [6, 6.07) is 17.3. The van der Waals surface area contributed by atoms with Crippen LogP contribution >= 0.6 is 0 Å². The maximum Gasteiger partial charge on any atom is 0.242 e. The van der Waals surface area contributed by atoms with Gasteiger partial charge in [0.25, 0.3) is 0 Å². The molecule has 4 N–H and O–H groups in total. The van der Waals surface area contributed by atoms with Gasteiger partial charge in [0.1, 0.15) is 6.04 Å². The van der Waals surface area contributed by atoms with Gasteiger partial charge in [0.2, 0.25) is 5.91 Å². The first kappa shape index (κ1) is 14.2. The molecule has 2 atom stereocenters. The number of aliphatic hydroxyl groups excluding tert-OH is 1. The van der Waals surface area contributed by atoms with Crippen LogP contribution < -0.4 is 11.1 Å². The van der Waals surface area contributed by atoms with Gasteiger partial charge in [0.15, 0.2) is 0 Å². The van der Waals surface area contributed by atoms with Crippen molar-refractivity contribution in [1.29, 1.82) is 0 Å². The molecule has 1 amide bonds. The van der Waals surface area contributed by atoms with E-state index in [0.717, 1.165) is 11.1 Å². The fourth-order valence-corrected chi connectivity index (χ4v) is 1.99. The minimum absolute atomic E-state index is 0.169. The number of nitrogens with two attached hydrogens (primary N) is 1. The summed E-state index contributed by atoms with van der Waals surface area (Å²) >= 11 is 0. The lowest BCUT2D eigenvalue weighted by molar-refractivity contribution is -0.123. The molecule has 0 aromatic heterocycles. The van der Waals surface area contributed by atoms with E-state index >= 15 is 0 Å². The number of hydrogen-bond acceptors (Lipinski definition) is 3. The van der Waals surface area contributed by atoms with E-state index in [0.29, 0.717) is 0 Å². The van der Waals surface area contributed by atoms with Crippen molar-refractivity contribution in [2.75, 3.05) is 6.61 Å². The summed E-state index contributed by atoms with van der Waals surface area (Å²) in [6.45, 7) is -0.169. The van der Waals surface area contributed by atoms with Gasteiger partial charge in [-0.3, -0.25) is 4.79 Å². The van der Waals surface area contributed by atoms with Gasteiger partial charge in [0, 0.05) is 0 Å². The molecule has 104 valence electrons. The number of rotatable bonds is 5. The summed E-state index contributed by atoms with van der Waals surface area (Å²) in [5.41, 5.74) is 7.52. The number of carbonyl (C=O) groups is 1. The lowest BCUT2D eigenvalue weighted by atomic mass is 10.0. The molecule has 0 saturated heterocycles. The molecular weight excluding hydrogens is 252 g/mol. The van der Waals surface area contributed by atoms with Crippen LogP contribution in [0.5, 0.6) is 0 Å². The average molecular weight is 270 g/mol. The standard InChI is InChI=1S/C16H18N2O2/c17-15(13-9-5-2-6-10-13)16(20)18-14(11-19)12-7-3-1-4-8-12/h1-10,14-15,19H,11,17H2,(H,18,20)/t14?,15-/m1/s1. The van der Waals surface area contributed by atoms with Crippen LogP contribution in [0.1, 0.15) is 23.2 Å². The zero-order chi connectivity index (χ0) is 14.4. The first-order valence-corrected chi connectivity index (χ1v) is 6.49. The first-order chi connectivity index (χ1) is 9.72. The zero-order valence-corrected chi connectivity index (χ0v) is 11.1. The van der Waals surface area contributed by atoms with Crippen molar-refractivity contribution in [2.45, 2.75) is 12.1 Å². The Balaban J connectivity index is 2.06. The summed E-state index contributed by atoms with van der Waals surface area (Å²) in [6.07, 6.45) is 0. The molecule has 2 aromatic carbocycles. The molecule has 0 heterocycles. The van der Waals surface area contributed by atoms with Crippen LogP contribution in [-0.2, 0) is 4.79 Å². The van der Waals surface area contributed by atoms with E-state index in [4.69, 9.17) is 5.73 Å². The maximum atomic E-state index is 12.1. The summed E-state index contributed by atoms with van der Waals surface area (Å²) in [4.78, 5) is 12.1. The molecule has 0 fully saturated rings. The van der Waals surface area contributed by atoms with E-state index in [9.17, 15) is 9.90 Å². The second-order valence-electron chi connectivity index (χ2n) is 4.54. The molecule has 0 saturated carbocycles. The van der Waals surface area contributed by atoms with Crippen molar-refractivity contribution >= 4 is 5.91 Å². The van der Waals surface area contributed by atoms with Crippen LogP contribution in [0.15, 0.2) is 60.7 Å². The lowest BCUT2D eigenvalue weighted by Crippen LogP contribution is -2.37. The topological polar surface area (TPSA) is 75.4 Å². The molecule has 4 nitrogen and oxygen atoms in total. The molecule has 0 bridgehead atoms. The maximum absolute atomic E-state index is 12.1. The Morgan fingerprint density at radius 2 is 1.50 bits per heavy atom. The molecule has 0 aliphatic heterocycles. The Bertz CT molecular complexity index is 543. The highest BCUT2D eigenvalue weighted by Crippen LogP contribution is 2.15. The van der Waals surface area contributed by atoms with Gasteiger partial charge in [0.05, 0.1) is 12.6 Å². The molecule has 0 aliphatic rings. The minimum Gasteiger partial charge on any atom is -0.394 e. The van der Waals surface area contributed by atoms with Gasteiger partial charge < -0.3 is 16.2 Å². The van der Waals surface area contributed by atoms with Crippen LogP contribution in [-0.4, -0.2) is 17.6 Å². The number of carbonyl (C=O) groups excluding carboxylic acids is 1. The molecular formula is C16H18N2O2. The fourth-order valence-electron chi connectivity index (χ4n) is 1.99. The van der Waals surface area contributed by atoms with Gasteiger partial charge in [-0.2, -0.15) is 0 Å². The molecule has 4 heteroatoms. The number of aliphatic hydroxyl groups is 1. The summed E-state index contributed by atoms with van der Waals surface area (Å²) in [7, 11) is 0. The quantitative estimate of drug-likeness (QED) is 0.771. The predicted molar refractivity (Wildman–Crippen MR) is 77.8 cm³/mol. The summed E-state index contributed by atoms with van der Waals surface area (Å²) in [5, 5.41) is 12.2. The monoisotopic (exact) mass is 270 g/mol. The van der Waals surface area contributed by atoms with E-state index in [2.05, 4.69) is 5.32 Å². The zero-order valence-electron chi connectivity index (χ0n) is 11.1. The second-order valence-corrected chi connectivity index (χ2v) is 4.54. The molecule has 2 rings (SSSR count). The van der Waals surface area contributed by atoms with Crippen LogP contribution in [0.2, 0.25) is 0 Å². The van der Waals surface area contributed by atoms with Gasteiger partial charge >= 0.3 is 0 Å². The van der Waals surface area contributed by atoms with Crippen molar-refractivity contribution in [3.05, 3.63) is 71.8 Å². The van der Waals surface area contributed by atoms with Gasteiger partial charge in [-0.25, -0.2) is 0 Å². The lowest BCUT2D eigenvalue weighted by Gasteiger charge is -2.19. The van der Waals surface area contributed by atoms with Crippen LogP contribution in [0.4, 0.5) is 0 Å². The van der Waals surface area contributed by atoms with Crippen LogP contribution in [0, 0.1) is 0 Å². The Morgan fingerprint density at radius 3 is 2.00 bits per heavy atom. The van der Waals surface area contributed by atoms with Crippen molar-refractivity contribution in [2.24, 2.45) is 5.73 Å². The second kappa shape index (κ2) is 6.84. The Labute approximate surface area is 118 Å². The smallest absolute Gasteiger partial charge is 0.242 e. The number of nitrogens with one attached hydrogen (secondary N) is 1. The molecule has 20 heavy (non-hydrogen) atoms. The first-order valence-electron chi connectivity index (χ1n) is 6.49. The van der Waals surface area contributed by atoms with Gasteiger partial charge in [-0.1, -0.05) is 60.7 Å². The Kier molecular flexibility index (Phi) is 4.87. The number of amides is 1. The third-order valence-corrected chi connectivity index (χ3v) is 3.14. The number of benzene rings is 2. The average Bonchev–Trinajstić information content (AvgIpc) is 2.53. The SMILES string of the molecule is N[C@@H](C(=O)NC(CO)c1ccccc1)c1ccccc1. The molecule has 1 unspecified atom stereocenters.